The zero-order valence-corrected chi connectivity index (χ0v) is 18.5. The van der Waals surface area contributed by atoms with Crippen molar-refractivity contribution in [3.8, 4) is 0 Å². The molecule has 8 nitrogen and oxygen atoms in total. The first-order valence-corrected chi connectivity index (χ1v) is 12.2. The maximum absolute atomic E-state index is 12.7. The molecule has 0 bridgehead atoms. The van der Waals surface area contributed by atoms with E-state index in [1.807, 2.05) is 0 Å². The van der Waals surface area contributed by atoms with Gasteiger partial charge in [0.15, 0.2) is 5.69 Å². The molecule has 0 fully saturated rings. The molecule has 1 aliphatic rings. The summed E-state index contributed by atoms with van der Waals surface area (Å²) in [6.07, 6.45) is 1.30. The van der Waals surface area contributed by atoms with Gasteiger partial charge in [0.2, 0.25) is 10.9 Å². The van der Waals surface area contributed by atoms with Crippen molar-refractivity contribution in [2.75, 3.05) is 11.8 Å². The molecule has 0 aliphatic carbocycles. The van der Waals surface area contributed by atoms with Crippen LogP contribution in [-0.4, -0.2) is 29.7 Å². The van der Waals surface area contributed by atoms with Crippen LogP contribution in [0.25, 0.3) is 0 Å². The second-order valence-corrected chi connectivity index (χ2v) is 11.2. The van der Waals surface area contributed by atoms with E-state index in [0.717, 1.165) is 11.3 Å². The Kier molecular flexibility index (Phi) is 5.38. The van der Waals surface area contributed by atoms with Crippen LogP contribution in [0.5, 0.6) is 0 Å². The van der Waals surface area contributed by atoms with Gasteiger partial charge < -0.3 is 0 Å². The number of sulfonamides is 2. The van der Waals surface area contributed by atoms with Crippen molar-refractivity contribution in [1.82, 2.24) is 4.48 Å². The number of nitrogens with one attached hydrogen (secondary N) is 1. The molecule has 150 valence electrons. The highest BCUT2D eigenvalue weighted by Crippen LogP contribution is 2.41. The van der Waals surface area contributed by atoms with Gasteiger partial charge in [0.25, 0.3) is 20.0 Å². The highest BCUT2D eigenvalue weighted by atomic mass is 35.5. The highest BCUT2D eigenvalue weighted by Gasteiger charge is 2.40. The number of halogens is 2. The fourth-order valence-electron chi connectivity index (χ4n) is 2.60. The molecular weight excluding hydrogens is 467 g/mol. The first kappa shape index (κ1) is 21.2. The zero-order chi connectivity index (χ0) is 20.9. The van der Waals surface area contributed by atoms with Crippen molar-refractivity contribution in [1.29, 1.82) is 0 Å². The standard InChI is InChI=1S/C15H15Cl2N4O4S3/c1-9-19-14(27(18,22)23)8-21(9,2)13-7-11(17)10(16)6-12(13)20-28(24,25)15-4-3-5-26-15/h3-8,20H,1-2H3,(H2,18,22,23)/q+1. The van der Waals surface area contributed by atoms with Gasteiger partial charge in [-0.2, -0.15) is 4.99 Å². The molecule has 28 heavy (non-hydrogen) atoms. The Morgan fingerprint density at radius 3 is 2.36 bits per heavy atom. The second kappa shape index (κ2) is 7.10. The fourth-order valence-corrected chi connectivity index (χ4v) is 5.60. The van der Waals surface area contributed by atoms with Gasteiger partial charge >= 0.3 is 0 Å². The van der Waals surface area contributed by atoms with Gasteiger partial charge in [-0.1, -0.05) is 29.3 Å². The van der Waals surface area contributed by atoms with Crippen molar-refractivity contribution in [3.05, 3.63) is 50.9 Å². The molecule has 1 atom stereocenters. The van der Waals surface area contributed by atoms with Crippen LogP contribution in [0.3, 0.4) is 0 Å². The van der Waals surface area contributed by atoms with Crippen LogP contribution in [-0.2, 0) is 20.0 Å². The van der Waals surface area contributed by atoms with E-state index in [1.54, 1.807) is 25.4 Å². The normalized spacial score (nSPS) is 20.0. The van der Waals surface area contributed by atoms with Gasteiger partial charge in [-0.25, -0.2) is 26.5 Å². The molecule has 0 radical (unpaired) electrons. The lowest BCUT2D eigenvalue weighted by molar-refractivity contribution is 0.600. The molecule has 3 N–H and O–H groups in total. The number of nitrogens with zero attached hydrogens (tertiary/aromatic N) is 2. The van der Waals surface area contributed by atoms with Crippen LogP contribution in [0, 0.1) is 0 Å². The quantitative estimate of drug-likeness (QED) is 0.636. The molecular formula is C15H15Cl2N4O4S3+. The minimum absolute atomic E-state index is 0.111. The summed E-state index contributed by atoms with van der Waals surface area (Å²) in [5, 5.41) is 6.79. The monoisotopic (exact) mass is 481 g/mol. The van der Waals surface area contributed by atoms with Gasteiger partial charge in [-0.15, -0.1) is 11.3 Å². The summed E-state index contributed by atoms with van der Waals surface area (Å²) in [6.45, 7) is 1.59. The van der Waals surface area contributed by atoms with Crippen molar-refractivity contribution < 1.29 is 16.8 Å². The third kappa shape index (κ3) is 3.83. The van der Waals surface area contributed by atoms with Crippen molar-refractivity contribution in [2.24, 2.45) is 10.1 Å². The first-order valence-electron chi connectivity index (χ1n) is 7.58. The number of quaternary nitrogens is 1. The van der Waals surface area contributed by atoms with Crippen LogP contribution in [0.1, 0.15) is 6.92 Å². The summed E-state index contributed by atoms with van der Waals surface area (Å²) in [4.78, 5) is 4.01. The Hall–Kier alpha value is -1.47. The Morgan fingerprint density at radius 2 is 1.82 bits per heavy atom. The molecule has 0 saturated carbocycles. The molecule has 0 spiro atoms. The number of thiophene rings is 1. The lowest BCUT2D eigenvalue weighted by Crippen LogP contribution is -2.42. The molecule has 0 saturated heterocycles. The molecule has 3 rings (SSSR count). The lowest BCUT2D eigenvalue weighted by atomic mass is 10.2. The highest BCUT2D eigenvalue weighted by molar-refractivity contribution is 7.94. The largest absolute Gasteiger partial charge is 0.273 e. The topological polar surface area (TPSA) is 119 Å². The van der Waals surface area contributed by atoms with Crippen molar-refractivity contribution in [3.63, 3.8) is 0 Å². The third-order valence-corrected chi connectivity index (χ3v) is 8.41. The van der Waals surface area contributed by atoms with Crippen LogP contribution in [0.4, 0.5) is 11.4 Å². The van der Waals surface area contributed by atoms with E-state index in [4.69, 9.17) is 28.3 Å². The average Bonchev–Trinajstić information content (AvgIpc) is 3.20. The number of rotatable bonds is 5. The van der Waals surface area contributed by atoms with Gasteiger partial charge in [0.05, 0.1) is 17.1 Å². The molecule has 1 unspecified atom stereocenters. The Morgan fingerprint density at radius 1 is 1.18 bits per heavy atom. The van der Waals surface area contributed by atoms with Crippen molar-refractivity contribution in [2.45, 2.75) is 11.1 Å². The molecule has 1 aliphatic heterocycles. The minimum atomic E-state index is -4.05. The van der Waals surface area contributed by atoms with E-state index in [2.05, 4.69) is 9.71 Å². The lowest BCUT2D eigenvalue weighted by Gasteiger charge is -2.28. The molecule has 0 amide bonds. The number of amidine groups is 1. The predicted molar refractivity (Wildman–Crippen MR) is 114 cm³/mol. The van der Waals surface area contributed by atoms with E-state index in [-0.39, 0.29) is 29.5 Å². The van der Waals surface area contributed by atoms with E-state index in [1.165, 1.54) is 24.4 Å². The van der Waals surface area contributed by atoms with Gasteiger partial charge in [-0.05, 0) is 17.5 Å². The molecule has 1 aromatic carbocycles. The van der Waals surface area contributed by atoms with Crippen LogP contribution < -0.4 is 14.3 Å². The number of nitrogens with two attached hydrogens (primary N) is 1. The number of primary sulfonamides is 1. The second-order valence-electron chi connectivity index (χ2n) is 6.07. The van der Waals surface area contributed by atoms with E-state index in [0.29, 0.717) is 11.5 Å². The SMILES string of the molecule is CC1=NC(S(N)(=O)=O)=C[N+]1(C)c1cc(Cl)c(Cl)cc1NS(=O)(=O)c1cccs1. The predicted octanol–water partition coefficient (Wildman–Crippen LogP) is 3.31. The number of hydrogen-bond acceptors (Lipinski definition) is 6. The van der Waals surface area contributed by atoms with Crippen molar-refractivity contribution >= 4 is 71.8 Å². The molecule has 2 aromatic rings. The van der Waals surface area contributed by atoms with Crippen LogP contribution in [0.2, 0.25) is 10.0 Å². The summed E-state index contributed by atoms with van der Waals surface area (Å²) in [6, 6.07) is 5.89. The van der Waals surface area contributed by atoms with Gasteiger partial charge in [-0.3, -0.25) is 4.72 Å². The number of benzene rings is 1. The Balaban J connectivity index is 2.19. The number of aliphatic imine (C=N–C) groups is 1. The minimum Gasteiger partial charge on any atom is -0.273 e. The average molecular weight is 482 g/mol. The number of anilines is 1. The van der Waals surface area contributed by atoms with Crippen LogP contribution in [0.15, 0.2) is 50.1 Å². The summed E-state index contributed by atoms with van der Waals surface area (Å²) < 4.78 is 51.2. The number of hydrogen-bond donors (Lipinski definition) is 2. The molecule has 1 aromatic heterocycles. The summed E-state index contributed by atoms with van der Waals surface area (Å²) in [5.74, 6) is 0.346. The van der Waals surface area contributed by atoms with E-state index < -0.39 is 20.0 Å². The smallest absolute Gasteiger partial charge is 0.271 e. The third-order valence-electron chi connectivity index (χ3n) is 4.15. The Bertz CT molecular complexity index is 1220. The Labute approximate surface area is 176 Å². The van der Waals surface area contributed by atoms with Gasteiger partial charge in [0.1, 0.15) is 16.1 Å². The van der Waals surface area contributed by atoms with E-state index >= 15 is 0 Å². The first-order chi connectivity index (χ1) is 12.8. The maximum Gasteiger partial charge on any atom is 0.271 e. The zero-order valence-electron chi connectivity index (χ0n) is 14.5. The fraction of sp³-hybridized carbons (Fsp3) is 0.133. The maximum atomic E-state index is 12.7. The molecule has 2 heterocycles. The van der Waals surface area contributed by atoms with Gasteiger partial charge in [0, 0.05) is 13.0 Å². The summed E-state index contributed by atoms with van der Waals surface area (Å²) in [7, 11) is -6.31. The van der Waals surface area contributed by atoms with Crippen LogP contribution >= 0.6 is 34.5 Å². The summed E-state index contributed by atoms with van der Waals surface area (Å²) in [5.41, 5.74) is 0.459. The summed E-state index contributed by atoms with van der Waals surface area (Å²) >= 11 is 13.3. The van der Waals surface area contributed by atoms with E-state index in [9.17, 15) is 16.8 Å². The molecule has 13 heteroatoms.